The molecule has 1 aliphatic carbocycles. The van der Waals surface area contributed by atoms with E-state index in [0.29, 0.717) is 11.9 Å². The summed E-state index contributed by atoms with van der Waals surface area (Å²) >= 11 is 0. The van der Waals surface area contributed by atoms with Crippen LogP contribution in [0.15, 0.2) is 0 Å². The average molecular weight is 238 g/mol. The van der Waals surface area contributed by atoms with Crippen molar-refractivity contribution in [1.82, 2.24) is 10.2 Å². The second-order valence-corrected chi connectivity index (χ2v) is 5.62. The standard InChI is InChI=1S/C14H26N2O/c1-16(13-6-4-2-3-5-7-13)14(17)12-8-10-15-11-9-12/h12-13,15H,2-11H2,1H3. The predicted molar refractivity (Wildman–Crippen MR) is 69.9 cm³/mol. The van der Waals surface area contributed by atoms with Gasteiger partial charge in [-0.3, -0.25) is 4.79 Å². The zero-order valence-electron chi connectivity index (χ0n) is 11.1. The highest BCUT2D eigenvalue weighted by Gasteiger charge is 2.28. The lowest BCUT2D eigenvalue weighted by molar-refractivity contribution is -0.137. The van der Waals surface area contributed by atoms with Crippen LogP contribution in [-0.2, 0) is 4.79 Å². The normalized spacial score (nSPS) is 24.3. The molecule has 98 valence electrons. The van der Waals surface area contributed by atoms with Crippen LogP contribution in [0.3, 0.4) is 0 Å². The molecule has 0 aromatic heterocycles. The van der Waals surface area contributed by atoms with Gasteiger partial charge in [0.2, 0.25) is 5.91 Å². The van der Waals surface area contributed by atoms with Crippen LogP contribution < -0.4 is 5.32 Å². The molecule has 0 atom stereocenters. The van der Waals surface area contributed by atoms with E-state index >= 15 is 0 Å². The fraction of sp³-hybridized carbons (Fsp3) is 0.929. The number of carbonyl (C=O) groups excluding carboxylic acids is 1. The smallest absolute Gasteiger partial charge is 0.225 e. The van der Waals surface area contributed by atoms with Crippen LogP contribution in [0, 0.1) is 5.92 Å². The van der Waals surface area contributed by atoms with E-state index in [1.165, 1.54) is 38.5 Å². The first kappa shape index (κ1) is 12.9. The zero-order valence-corrected chi connectivity index (χ0v) is 11.1. The number of carbonyl (C=O) groups is 1. The summed E-state index contributed by atoms with van der Waals surface area (Å²) in [5, 5.41) is 3.33. The van der Waals surface area contributed by atoms with E-state index in [4.69, 9.17) is 0 Å². The molecule has 2 rings (SSSR count). The molecular formula is C14H26N2O. The summed E-state index contributed by atoms with van der Waals surface area (Å²) in [5.74, 6) is 0.683. The van der Waals surface area contributed by atoms with Crippen molar-refractivity contribution < 1.29 is 4.79 Å². The molecule has 17 heavy (non-hydrogen) atoms. The van der Waals surface area contributed by atoms with Crippen LogP contribution in [0.5, 0.6) is 0 Å². The lowest BCUT2D eigenvalue weighted by atomic mass is 9.95. The van der Waals surface area contributed by atoms with E-state index in [1.54, 1.807) is 0 Å². The van der Waals surface area contributed by atoms with Crippen LogP contribution in [-0.4, -0.2) is 37.0 Å². The molecule has 2 fully saturated rings. The molecule has 1 amide bonds. The number of piperidine rings is 1. The quantitative estimate of drug-likeness (QED) is 0.748. The van der Waals surface area contributed by atoms with Crippen LogP contribution >= 0.6 is 0 Å². The van der Waals surface area contributed by atoms with Gasteiger partial charge in [0.1, 0.15) is 0 Å². The molecule has 0 spiro atoms. The minimum Gasteiger partial charge on any atom is -0.343 e. The summed E-state index contributed by atoms with van der Waals surface area (Å²) in [5.41, 5.74) is 0. The Balaban J connectivity index is 1.88. The second kappa shape index (κ2) is 6.39. The van der Waals surface area contributed by atoms with E-state index in [9.17, 15) is 4.79 Å². The lowest BCUT2D eigenvalue weighted by Gasteiger charge is -2.32. The van der Waals surface area contributed by atoms with Crippen LogP contribution in [0.4, 0.5) is 0 Å². The van der Waals surface area contributed by atoms with Crippen molar-refractivity contribution in [2.75, 3.05) is 20.1 Å². The lowest BCUT2D eigenvalue weighted by Crippen LogP contribution is -2.43. The Bertz CT molecular complexity index is 241. The van der Waals surface area contributed by atoms with Gasteiger partial charge in [0, 0.05) is 19.0 Å². The molecule has 1 N–H and O–H groups in total. The number of amides is 1. The minimum atomic E-state index is 0.282. The maximum absolute atomic E-state index is 12.4. The largest absolute Gasteiger partial charge is 0.343 e. The third-order valence-electron chi connectivity index (χ3n) is 4.41. The summed E-state index contributed by atoms with van der Waals surface area (Å²) < 4.78 is 0. The van der Waals surface area contributed by atoms with E-state index in [2.05, 4.69) is 10.2 Å². The van der Waals surface area contributed by atoms with E-state index < -0.39 is 0 Å². The summed E-state index contributed by atoms with van der Waals surface area (Å²) in [6.45, 7) is 2.02. The van der Waals surface area contributed by atoms with Gasteiger partial charge < -0.3 is 10.2 Å². The SMILES string of the molecule is CN(C(=O)C1CCNCC1)C1CCCCCC1. The molecule has 3 heteroatoms. The van der Waals surface area contributed by atoms with E-state index in [0.717, 1.165) is 25.9 Å². The van der Waals surface area contributed by atoms with Crippen LogP contribution in [0.1, 0.15) is 51.4 Å². The zero-order chi connectivity index (χ0) is 12.1. The third-order valence-corrected chi connectivity index (χ3v) is 4.41. The van der Waals surface area contributed by atoms with Gasteiger partial charge in [-0.2, -0.15) is 0 Å². The molecule has 0 bridgehead atoms. The van der Waals surface area contributed by atoms with Gasteiger partial charge in [-0.05, 0) is 38.8 Å². The number of nitrogens with zero attached hydrogens (tertiary/aromatic N) is 1. The molecular weight excluding hydrogens is 212 g/mol. The van der Waals surface area contributed by atoms with Gasteiger partial charge in [-0.1, -0.05) is 25.7 Å². The monoisotopic (exact) mass is 238 g/mol. The molecule has 0 radical (unpaired) electrons. The molecule has 1 saturated heterocycles. The van der Waals surface area contributed by atoms with Gasteiger partial charge in [-0.25, -0.2) is 0 Å². The second-order valence-electron chi connectivity index (χ2n) is 5.62. The molecule has 0 unspecified atom stereocenters. The van der Waals surface area contributed by atoms with Crippen molar-refractivity contribution in [3.05, 3.63) is 0 Å². The molecule has 1 saturated carbocycles. The van der Waals surface area contributed by atoms with E-state index in [1.807, 2.05) is 7.05 Å². The number of rotatable bonds is 2. The number of hydrogen-bond donors (Lipinski definition) is 1. The van der Waals surface area contributed by atoms with Crippen LogP contribution in [0.2, 0.25) is 0 Å². The average Bonchev–Trinajstić information content (AvgIpc) is 2.67. The Morgan fingerprint density at radius 2 is 1.59 bits per heavy atom. The van der Waals surface area contributed by atoms with Crippen LogP contribution in [0.25, 0.3) is 0 Å². The Morgan fingerprint density at radius 3 is 2.18 bits per heavy atom. The first-order valence-electron chi connectivity index (χ1n) is 7.26. The van der Waals surface area contributed by atoms with E-state index in [-0.39, 0.29) is 5.92 Å². The van der Waals surface area contributed by atoms with Crippen molar-refractivity contribution in [2.24, 2.45) is 5.92 Å². The van der Waals surface area contributed by atoms with Crippen molar-refractivity contribution >= 4 is 5.91 Å². The first-order chi connectivity index (χ1) is 8.29. The van der Waals surface area contributed by atoms with Crippen molar-refractivity contribution in [2.45, 2.75) is 57.4 Å². The Labute approximate surface area is 105 Å². The fourth-order valence-electron chi connectivity index (χ4n) is 3.18. The van der Waals surface area contributed by atoms with Gasteiger partial charge in [0.15, 0.2) is 0 Å². The highest BCUT2D eigenvalue weighted by molar-refractivity contribution is 5.79. The first-order valence-corrected chi connectivity index (χ1v) is 7.26. The summed E-state index contributed by atoms with van der Waals surface area (Å²) in [6, 6.07) is 0.514. The van der Waals surface area contributed by atoms with Gasteiger partial charge in [-0.15, -0.1) is 0 Å². The summed E-state index contributed by atoms with van der Waals surface area (Å²) in [4.78, 5) is 14.5. The van der Waals surface area contributed by atoms with Crippen molar-refractivity contribution in [1.29, 1.82) is 0 Å². The molecule has 2 aliphatic rings. The molecule has 0 aromatic rings. The molecule has 0 aromatic carbocycles. The highest BCUT2D eigenvalue weighted by Crippen LogP contribution is 2.24. The third kappa shape index (κ3) is 3.44. The van der Waals surface area contributed by atoms with Crippen molar-refractivity contribution in [3.63, 3.8) is 0 Å². The minimum absolute atomic E-state index is 0.282. The Hall–Kier alpha value is -0.570. The number of hydrogen-bond acceptors (Lipinski definition) is 2. The predicted octanol–water partition coefficient (Wildman–Crippen LogP) is 2.17. The maximum atomic E-state index is 12.4. The summed E-state index contributed by atoms with van der Waals surface area (Å²) in [7, 11) is 2.03. The van der Waals surface area contributed by atoms with Gasteiger partial charge in [0.25, 0.3) is 0 Å². The Morgan fingerprint density at radius 1 is 1.00 bits per heavy atom. The van der Waals surface area contributed by atoms with Gasteiger partial charge in [0.05, 0.1) is 0 Å². The fourth-order valence-corrected chi connectivity index (χ4v) is 3.18. The van der Waals surface area contributed by atoms with Crippen molar-refractivity contribution in [3.8, 4) is 0 Å². The Kier molecular flexibility index (Phi) is 4.84. The molecule has 1 heterocycles. The number of nitrogens with one attached hydrogen (secondary N) is 1. The maximum Gasteiger partial charge on any atom is 0.225 e. The molecule has 3 nitrogen and oxygen atoms in total. The summed E-state index contributed by atoms with van der Waals surface area (Å²) in [6.07, 6.45) is 9.78. The molecule has 1 aliphatic heterocycles. The topological polar surface area (TPSA) is 32.3 Å². The highest BCUT2D eigenvalue weighted by atomic mass is 16.2. The van der Waals surface area contributed by atoms with Gasteiger partial charge >= 0.3 is 0 Å².